The molecule has 0 aromatic heterocycles. The maximum Gasteiger partial charge on any atom is 0.119 e. The van der Waals surface area contributed by atoms with Gasteiger partial charge >= 0.3 is 0 Å². The number of hydrogen-bond donors (Lipinski definition) is 1. The number of aliphatic hydroxyl groups is 1. The zero-order valence-corrected chi connectivity index (χ0v) is 12.6. The SMILES string of the molecule is CCc1ccc(OCC(O)CN2CCN(C)CC2)cc1. The third kappa shape index (κ3) is 4.78. The molecular formula is C16H26N2O2. The number of benzene rings is 1. The summed E-state index contributed by atoms with van der Waals surface area (Å²) in [6.45, 7) is 7.39. The number of hydrogen-bond acceptors (Lipinski definition) is 4. The van der Waals surface area contributed by atoms with Crippen molar-refractivity contribution in [1.82, 2.24) is 9.80 Å². The first-order chi connectivity index (χ1) is 9.67. The van der Waals surface area contributed by atoms with Gasteiger partial charge in [-0.05, 0) is 31.2 Å². The van der Waals surface area contributed by atoms with Crippen LogP contribution in [0.3, 0.4) is 0 Å². The molecule has 20 heavy (non-hydrogen) atoms. The Morgan fingerprint density at radius 3 is 2.40 bits per heavy atom. The zero-order chi connectivity index (χ0) is 14.4. The van der Waals surface area contributed by atoms with Gasteiger partial charge in [-0.3, -0.25) is 4.90 Å². The first kappa shape index (κ1) is 15.3. The third-order valence-corrected chi connectivity index (χ3v) is 3.84. The van der Waals surface area contributed by atoms with Crippen LogP contribution in [0.25, 0.3) is 0 Å². The molecule has 1 heterocycles. The molecule has 1 aliphatic rings. The molecule has 0 saturated carbocycles. The summed E-state index contributed by atoms with van der Waals surface area (Å²) in [7, 11) is 2.14. The van der Waals surface area contributed by atoms with E-state index in [4.69, 9.17) is 4.74 Å². The van der Waals surface area contributed by atoms with E-state index in [9.17, 15) is 5.11 Å². The summed E-state index contributed by atoms with van der Waals surface area (Å²) < 4.78 is 5.64. The maximum absolute atomic E-state index is 10.0. The van der Waals surface area contributed by atoms with Crippen LogP contribution < -0.4 is 4.74 Å². The summed E-state index contributed by atoms with van der Waals surface area (Å²) in [5.41, 5.74) is 1.30. The highest BCUT2D eigenvalue weighted by atomic mass is 16.5. The van der Waals surface area contributed by atoms with Crippen molar-refractivity contribution in [2.75, 3.05) is 46.4 Å². The van der Waals surface area contributed by atoms with Crippen LogP contribution in [-0.4, -0.2) is 67.4 Å². The van der Waals surface area contributed by atoms with Gasteiger partial charge in [-0.2, -0.15) is 0 Å². The topological polar surface area (TPSA) is 35.9 Å². The molecule has 1 N–H and O–H groups in total. The van der Waals surface area contributed by atoms with Crippen molar-refractivity contribution in [3.63, 3.8) is 0 Å². The lowest BCUT2D eigenvalue weighted by Crippen LogP contribution is -2.47. The number of nitrogens with zero attached hydrogens (tertiary/aromatic N) is 2. The van der Waals surface area contributed by atoms with Crippen molar-refractivity contribution in [2.45, 2.75) is 19.4 Å². The summed E-state index contributed by atoms with van der Waals surface area (Å²) >= 11 is 0. The van der Waals surface area contributed by atoms with Gasteiger partial charge in [0.2, 0.25) is 0 Å². The molecule has 112 valence electrons. The van der Waals surface area contributed by atoms with Crippen molar-refractivity contribution in [1.29, 1.82) is 0 Å². The van der Waals surface area contributed by atoms with Gasteiger partial charge in [0, 0.05) is 32.7 Å². The minimum absolute atomic E-state index is 0.359. The number of ether oxygens (including phenoxy) is 1. The van der Waals surface area contributed by atoms with Gasteiger partial charge in [-0.25, -0.2) is 0 Å². The third-order valence-electron chi connectivity index (χ3n) is 3.84. The molecule has 1 aromatic rings. The van der Waals surface area contributed by atoms with Crippen LogP contribution in [0, 0.1) is 0 Å². The van der Waals surface area contributed by atoms with E-state index in [2.05, 4.69) is 35.9 Å². The van der Waals surface area contributed by atoms with Gasteiger partial charge in [0.1, 0.15) is 18.5 Å². The number of aryl methyl sites for hydroxylation is 1. The average molecular weight is 278 g/mol. The molecule has 4 heteroatoms. The van der Waals surface area contributed by atoms with Gasteiger partial charge in [-0.15, -0.1) is 0 Å². The second kappa shape index (κ2) is 7.62. The second-order valence-corrected chi connectivity index (χ2v) is 5.57. The van der Waals surface area contributed by atoms with Crippen LogP contribution in [0.2, 0.25) is 0 Å². The monoisotopic (exact) mass is 278 g/mol. The predicted octanol–water partition coefficient (Wildman–Crippen LogP) is 1.24. The lowest BCUT2D eigenvalue weighted by molar-refractivity contribution is 0.0505. The highest BCUT2D eigenvalue weighted by Gasteiger charge is 2.17. The van der Waals surface area contributed by atoms with Gasteiger partial charge in [0.15, 0.2) is 0 Å². The molecular weight excluding hydrogens is 252 g/mol. The number of piperazine rings is 1. The molecule has 1 atom stereocenters. The number of rotatable bonds is 6. The summed E-state index contributed by atoms with van der Waals surface area (Å²) in [5, 5.41) is 10.0. The van der Waals surface area contributed by atoms with Crippen LogP contribution in [0.1, 0.15) is 12.5 Å². The van der Waals surface area contributed by atoms with Gasteiger partial charge in [-0.1, -0.05) is 19.1 Å². The summed E-state index contributed by atoms with van der Waals surface area (Å²) in [6, 6.07) is 8.09. The largest absolute Gasteiger partial charge is 0.491 e. The van der Waals surface area contributed by atoms with Gasteiger partial charge in [0.25, 0.3) is 0 Å². The molecule has 1 unspecified atom stereocenters. The highest BCUT2D eigenvalue weighted by Crippen LogP contribution is 2.13. The number of likely N-dealkylation sites (N-methyl/N-ethyl adjacent to an activating group) is 1. The van der Waals surface area contributed by atoms with Crippen LogP contribution >= 0.6 is 0 Å². The fourth-order valence-electron chi connectivity index (χ4n) is 2.39. The molecule has 0 bridgehead atoms. The molecule has 2 rings (SSSR count). The number of aliphatic hydroxyl groups excluding tert-OH is 1. The van der Waals surface area contributed by atoms with Crippen LogP contribution in [0.4, 0.5) is 0 Å². The maximum atomic E-state index is 10.0. The van der Waals surface area contributed by atoms with E-state index in [1.165, 1.54) is 5.56 Å². The van der Waals surface area contributed by atoms with E-state index >= 15 is 0 Å². The quantitative estimate of drug-likeness (QED) is 0.849. The van der Waals surface area contributed by atoms with Crippen molar-refractivity contribution in [3.05, 3.63) is 29.8 Å². The van der Waals surface area contributed by atoms with E-state index in [0.717, 1.165) is 38.3 Å². The standard InChI is InChI=1S/C16H26N2O2/c1-3-14-4-6-16(7-5-14)20-13-15(19)12-18-10-8-17(2)9-11-18/h4-7,15,19H,3,8-13H2,1-2H3. The molecule has 1 fully saturated rings. The summed E-state index contributed by atoms with van der Waals surface area (Å²) in [4.78, 5) is 4.61. The van der Waals surface area contributed by atoms with Crippen molar-refractivity contribution >= 4 is 0 Å². The van der Waals surface area contributed by atoms with Crippen molar-refractivity contribution in [2.24, 2.45) is 0 Å². The van der Waals surface area contributed by atoms with E-state index < -0.39 is 6.10 Å². The first-order valence-electron chi connectivity index (χ1n) is 7.48. The fourth-order valence-corrected chi connectivity index (χ4v) is 2.39. The van der Waals surface area contributed by atoms with E-state index in [1.54, 1.807) is 0 Å². The molecule has 4 nitrogen and oxygen atoms in total. The normalized spacial score (nSPS) is 18.9. The predicted molar refractivity (Wildman–Crippen MR) is 81.3 cm³/mol. The Hall–Kier alpha value is -1.10. The lowest BCUT2D eigenvalue weighted by Gasteiger charge is -2.33. The molecule has 0 aliphatic carbocycles. The molecule has 1 aliphatic heterocycles. The smallest absolute Gasteiger partial charge is 0.119 e. The molecule has 1 saturated heterocycles. The summed E-state index contributed by atoms with van der Waals surface area (Å²) in [5.74, 6) is 0.833. The fraction of sp³-hybridized carbons (Fsp3) is 0.625. The second-order valence-electron chi connectivity index (χ2n) is 5.57. The van der Waals surface area contributed by atoms with Crippen molar-refractivity contribution < 1.29 is 9.84 Å². The minimum atomic E-state index is -0.427. The Kier molecular flexibility index (Phi) is 5.83. The van der Waals surface area contributed by atoms with E-state index in [0.29, 0.717) is 13.2 Å². The Bertz CT molecular complexity index is 386. The Labute approximate surface area is 122 Å². The minimum Gasteiger partial charge on any atom is -0.491 e. The first-order valence-corrected chi connectivity index (χ1v) is 7.48. The zero-order valence-electron chi connectivity index (χ0n) is 12.6. The molecule has 0 radical (unpaired) electrons. The van der Waals surface area contributed by atoms with Gasteiger partial charge < -0.3 is 14.7 Å². The van der Waals surface area contributed by atoms with E-state index in [1.807, 2.05) is 12.1 Å². The molecule has 0 amide bonds. The van der Waals surface area contributed by atoms with Crippen LogP contribution in [0.15, 0.2) is 24.3 Å². The summed E-state index contributed by atoms with van der Waals surface area (Å²) in [6.07, 6.45) is 0.607. The Morgan fingerprint density at radius 1 is 1.15 bits per heavy atom. The van der Waals surface area contributed by atoms with Crippen LogP contribution in [-0.2, 0) is 6.42 Å². The van der Waals surface area contributed by atoms with E-state index in [-0.39, 0.29) is 0 Å². The lowest BCUT2D eigenvalue weighted by atomic mass is 10.2. The highest BCUT2D eigenvalue weighted by molar-refractivity contribution is 5.27. The molecule has 0 spiro atoms. The average Bonchev–Trinajstić information content (AvgIpc) is 2.48. The van der Waals surface area contributed by atoms with Gasteiger partial charge in [0.05, 0.1) is 0 Å². The molecule has 1 aromatic carbocycles. The Balaban J connectivity index is 1.70. The Morgan fingerprint density at radius 2 is 1.80 bits per heavy atom. The van der Waals surface area contributed by atoms with Crippen molar-refractivity contribution in [3.8, 4) is 5.75 Å². The van der Waals surface area contributed by atoms with Crippen LogP contribution in [0.5, 0.6) is 5.75 Å². The number of β-amino-alcohol motifs (C(OH)–C–C–N with tert-alkyl or cyclic N) is 1.